The van der Waals surface area contributed by atoms with Gasteiger partial charge in [0.1, 0.15) is 17.6 Å². The van der Waals surface area contributed by atoms with E-state index in [1.54, 1.807) is 0 Å². The van der Waals surface area contributed by atoms with Crippen LogP contribution in [0.3, 0.4) is 0 Å². The zero-order chi connectivity index (χ0) is 15.0. The summed E-state index contributed by atoms with van der Waals surface area (Å²) in [5.41, 5.74) is 0.784. The summed E-state index contributed by atoms with van der Waals surface area (Å²) >= 11 is 0. The van der Waals surface area contributed by atoms with Crippen LogP contribution in [0.25, 0.3) is 0 Å². The second-order valence-corrected chi connectivity index (χ2v) is 7.05. The van der Waals surface area contributed by atoms with Crippen molar-refractivity contribution in [1.82, 2.24) is 4.90 Å². The highest BCUT2D eigenvalue weighted by atomic mass is 16.5. The lowest BCUT2D eigenvalue weighted by atomic mass is 10.1. The van der Waals surface area contributed by atoms with Gasteiger partial charge in [-0.25, -0.2) is 4.99 Å². The average Bonchev–Trinajstić information content (AvgIpc) is 3.39. The first-order chi connectivity index (χ1) is 10.1. The van der Waals surface area contributed by atoms with Crippen LogP contribution in [-0.2, 0) is 4.74 Å². The molecule has 0 aromatic carbocycles. The molecule has 4 nitrogen and oxygen atoms in total. The molecule has 0 radical (unpaired) electrons. The normalized spacial score (nSPS) is 33.1. The van der Waals surface area contributed by atoms with Crippen LogP contribution in [0, 0.1) is 22.7 Å². The van der Waals surface area contributed by atoms with Gasteiger partial charge in [0.05, 0.1) is 12.7 Å². The molecule has 1 saturated heterocycles. The van der Waals surface area contributed by atoms with Crippen LogP contribution in [0.2, 0.25) is 0 Å². The van der Waals surface area contributed by atoms with Crippen molar-refractivity contribution >= 4 is 5.84 Å². The first-order valence-corrected chi connectivity index (χ1v) is 8.11. The van der Waals surface area contributed by atoms with E-state index in [9.17, 15) is 0 Å². The number of hydrogen-bond acceptors (Lipinski definition) is 3. The Bertz CT molecular complexity index is 501. The van der Waals surface area contributed by atoms with Gasteiger partial charge >= 0.3 is 0 Å². The molecule has 21 heavy (non-hydrogen) atoms. The van der Waals surface area contributed by atoms with Gasteiger partial charge in [-0.05, 0) is 31.1 Å². The molecule has 3 rings (SSSR count). The highest BCUT2D eigenvalue weighted by Gasteiger charge is 2.52. The minimum atomic E-state index is 0.309. The predicted octanol–water partition coefficient (Wildman–Crippen LogP) is 3.11. The van der Waals surface area contributed by atoms with Crippen LogP contribution in [-0.4, -0.2) is 36.0 Å². The maximum Gasteiger partial charge on any atom is 0.135 e. The highest BCUT2D eigenvalue weighted by Crippen LogP contribution is 2.48. The standard InChI is InChI=1S/C17H25N3O/c1-4-16(19-12(2)10-18)20-8-5-15(13-9-14(13)20)21-11-17(3)6-7-17/h13-15H,2,4-9,11H2,1,3H3/b19-16+. The Hall–Kier alpha value is -1.34. The lowest BCUT2D eigenvalue weighted by Gasteiger charge is -2.34. The third-order valence-electron chi connectivity index (χ3n) is 5.13. The van der Waals surface area contributed by atoms with Gasteiger partial charge in [-0.15, -0.1) is 0 Å². The zero-order valence-corrected chi connectivity index (χ0v) is 13.1. The molecule has 2 aliphatic carbocycles. The van der Waals surface area contributed by atoms with Crippen LogP contribution in [0.15, 0.2) is 17.3 Å². The summed E-state index contributed by atoms with van der Waals surface area (Å²) in [6, 6.07) is 2.59. The Morgan fingerprint density at radius 1 is 1.52 bits per heavy atom. The molecule has 0 spiro atoms. The number of allylic oxidation sites excluding steroid dienone is 1. The van der Waals surface area contributed by atoms with E-state index in [1.807, 2.05) is 6.07 Å². The molecule has 1 aliphatic heterocycles. The number of likely N-dealkylation sites (tertiary alicyclic amines) is 1. The maximum atomic E-state index is 8.85. The number of rotatable bonds is 5. The smallest absolute Gasteiger partial charge is 0.135 e. The van der Waals surface area contributed by atoms with Gasteiger partial charge in [0, 0.05) is 24.9 Å². The van der Waals surface area contributed by atoms with E-state index in [0.717, 1.165) is 31.8 Å². The Labute approximate surface area is 127 Å². The third kappa shape index (κ3) is 3.13. The summed E-state index contributed by atoms with van der Waals surface area (Å²) in [5, 5.41) is 8.85. The van der Waals surface area contributed by atoms with E-state index in [-0.39, 0.29) is 0 Å². The van der Waals surface area contributed by atoms with Crippen molar-refractivity contribution in [3.8, 4) is 6.07 Å². The molecular formula is C17H25N3O. The minimum absolute atomic E-state index is 0.309. The first kappa shape index (κ1) is 14.6. The van der Waals surface area contributed by atoms with E-state index in [2.05, 4.69) is 30.3 Å². The molecule has 114 valence electrons. The van der Waals surface area contributed by atoms with Crippen molar-refractivity contribution in [3.63, 3.8) is 0 Å². The van der Waals surface area contributed by atoms with Gasteiger partial charge in [-0.3, -0.25) is 0 Å². The summed E-state index contributed by atoms with van der Waals surface area (Å²) in [6.07, 6.45) is 6.22. The predicted molar refractivity (Wildman–Crippen MR) is 82.8 cm³/mol. The number of nitriles is 1. The first-order valence-electron chi connectivity index (χ1n) is 8.11. The van der Waals surface area contributed by atoms with Gasteiger partial charge in [0.2, 0.25) is 0 Å². The van der Waals surface area contributed by atoms with Gasteiger partial charge < -0.3 is 9.64 Å². The Morgan fingerprint density at radius 3 is 2.90 bits per heavy atom. The van der Waals surface area contributed by atoms with Gasteiger partial charge in [0.25, 0.3) is 0 Å². The second kappa shape index (κ2) is 5.46. The van der Waals surface area contributed by atoms with Crippen LogP contribution in [0.1, 0.15) is 46.0 Å². The summed E-state index contributed by atoms with van der Waals surface area (Å²) in [4.78, 5) is 6.76. The number of ether oxygens (including phenoxy) is 1. The molecule has 3 fully saturated rings. The zero-order valence-electron chi connectivity index (χ0n) is 13.1. The Morgan fingerprint density at radius 2 is 2.29 bits per heavy atom. The molecule has 0 aromatic rings. The van der Waals surface area contributed by atoms with Crippen LogP contribution < -0.4 is 0 Å². The van der Waals surface area contributed by atoms with E-state index in [1.165, 1.54) is 19.3 Å². The van der Waals surface area contributed by atoms with E-state index < -0.39 is 0 Å². The summed E-state index contributed by atoms with van der Waals surface area (Å²) in [5.74, 6) is 1.68. The molecule has 0 amide bonds. The van der Waals surface area contributed by atoms with Crippen molar-refractivity contribution in [2.75, 3.05) is 13.2 Å². The largest absolute Gasteiger partial charge is 0.377 e. The monoisotopic (exact) mass is 287 g/mol. The highest BCUT2D eigenvalue weighted by molar-refractivity contribution is 5.84. The fraction of sp³-hybridized carbons (Fsp3) is 0.765. The summed E-state index contributed by atoms with van der Waals surface area (Å²) in [6.45, 7) is 10.0. The topological polar surface area (TPSA) is 48.6 Å². The van der Waals surface area contributed by atoms with Crippen molar-refractivity contribution in [2.24, 2.45) is 16.3 Å². The maximum absolute atomic E-state index is 8.85. The molecule has 3 unspecified atom stereocenters. The molecular weight excluding hydrogens is 262 g/mol. The lowest BCUT2D eigenvalue weighted by Crippen LogP contribution is -2.42. The Kier molecular flexibility index (Phi) is 3.79. The number of aliphatic imine (C=N–C) groups is 1. The molecule has 4 heteroatoms. The quantitative estimate of drug-likeness (QED) is 0.443. The number of piperidine rings is 1. The molecule has 3 aliphatic rings. The van der Waals surface area contributed by atoms with E-state index in [0.29, 0.717) is 29.2 Å². The summed E-state index contributed by atoms with van der Waals surface area (Å²) in [7, 11) is 0. The van der Waals surface area contributed by atoms with Gasteiger partial charge in [0.15, 0.2) is 0 Å². The summed E-state index contributed by atoms with van der Waals surface area (Å²) < 4.78 is 6.19. The minimum Gasteiger partial charge on any atom is -0.377 e. The van der Waals surface area contributed by atoms with E-state index >= 15 is 0 Å². The SMILES string of the molecule is C=C(C#N)/N=C(\CC)N1CCC(OCC2(C)CC2)C2CC21. The van der Waals surface area contributed by atoms with Crippen molar-refractivity contribution in [3.05, 3.63) is 12.3 Å². The molecule has 1 heterocycles. The molecule has 3 atom stereocenters. The Balaban J connectivity index is 1.57. The number of fused-ring (bicyclic) bond motifs is 1. The van der Waals surface area contributed by atoms with Crippen molar-refractivity contribution in [1.29, 1.82) is 5.26 Å². The van der Waals surface area contributed by atoms with Crippen molar-refractivity contribution < 1.29 is 4.74 Å². The fourth-order valence-electron chi connectivity index (χ4n) is 3.32. The second-order valence-electron chi connectivity index (χ2n) is 7.05. The number of amidine groups is 1. The van der Waals surface area contributed by atoms with Gasteiger partial charge in [-0.2, -0.15) is 5.26 Å². The third-order valence-corrected chi connectivity index (χ3v) is 5.13. The number of hydrogen-bond donors (Lipinski definition) is 0. The lowest BCUT2D eigenvalue weighted by molar-refractivity contribution is -0.00974. The average molecular weight is 287 g/mol. The van der Waals surface area contributed by atoms with E-state index in [4.69, 9.17) is 10.00 Å². The number of nitrogens with zero attached hydrogens (tertiary/aromatic N) is 3. The molecule has 2 saturated carbocycles. The van der Waals surface area contributed by atoms with Crippen molar-refractivity contribution in [2.45, 2.75) is 58.1 Å². The van der Waals surface area contributed by atoms with Crippen LogP contribution >= 0.6 is 0 Å². The van der Waals surface area contributed by atoms with Crippen LogP contribution in [0.4, 0.5) is 0 Å². The molecule has 0 bridgehead atoms. The fourth-order valence-corrected chi connectivity index (χ4v) is 3.32. The molecule has 0 N–H and O–H groups in total. The van der Waals surface area contributed by atoms with Gasteiger partial charge in [-0.1, -0.05) is 20.4 Å². The van der Waals surface area contributed by atoms with Crippen LogP contribution in [0.5, 0.6) is 0 Å². The molecule has 0 aromatic heterocycles.